The van der Waals surface area contributed by atoms with Gasteiger partial charge in [0.05, 0.1) is 0 Å². The van der Waals surface area contributed by atoms with Crippen LogP contribution in [0.2, 0.25) is 0 Å². The molecule has 0 heterocycles. The lowest BCUT2D eigenvalue weighted by Crippen LogP contribution is -1.98. The van der Waals surface area contributed by atoms with Gasteiger partial charge >= 0.3 is 0 Å². The maximum absolute atomic E-state index is 12.2. The molecule has 0 aliphatic heterocycles. The van der Waals surface area contributed by atoms with Gasteiger partial charge in [-0.2, -0.15) is 5.26 Å². The van der Waals surface area contributed by atoms with Crippen LogP contribution in [-0.2, 0) is 6.67 Å². The highest BCUT2D eigenvalue weighted by molar-refractivity contribution is 6.08. The van der Waals surface area contributed by atoms with Gasteiger partial charge in [0, 0.05) is 5.56 Å². The number of hydrogen-bond acceptors (Lipinski definition) is 2. The number of hydrogen-bond donors (Lipinski definition) is 0. The Morgan fingerprint density at radius 1 is 1.50 bits per heavy atom. The van der Waals surface area contributed by atoms with E-state index in [4.69, 9.17) is 5.26 Å². The van der Waals surface area contributed by atoms with Gasteiger partial charge in [0.1, 0.15) is 12.7 Å². The first-order chi connectivity index (χ1) is 5.79. The lowest BCUT2D eigenvalue weighted by Gasteiger charge is -1.98. The predicted octanol–water partition coefficient (Wildman–Crippen LogP) is 1.86. The summed E-state index contributed by atoms with van der Waals surface area (Å²) in [6.45, 7) is -0.719. The van der Waals surface area contributed by atoms with E-state index in [0.717, 1.165) is 0 Å². The molecule has 0 saturated heterocycles. The van der Waals surface area contributed by atoms with Crippen LogP contribution in [0.1, 0.15) is 15.9 Å². The van der Waals surface area contributed by atoms with E-state index >= 15 is 0 Å². The zero-order chi connectivity index (χ0) is 8.97. The van der Waals surface area contributed by atoms with Crippen LogP contribution in [0.25, 0.3) is 0 Å². The van der Waals surface area contributed by atoms with E-state index in [1.54, 1.807) is 12.1 Å². The first-order valence-corrected chi connectivity index (χ1v) is 3.38. The van der Waals surface area contributed by atoms with E-state index < -0.39 is 12.5 Å². The van der Waals surface area contributed by atoms with Gasteiger partial charge in [-0.3, -0.25) is 4.79 Å². The molecule has 0 radical (unpaired) electrons. The first-order valence-electron chi connectivity index (χ1n) is 3.38. The Kier molecular flexibility index (Phi) is 2.54. The van der Waals surface area contributed by atoms with Crippen LogP contribution in [0.3, 0.4) is 0 Å². The molecule has 1 aromatic carbocycles. The quantitative estimate of drug-likeness (QED) is 0.493. The topological polar surface area (TPSA) is 40.9 Å². The number of ketones is 1. The molecule has 0 N–H and O–H groups in total. The average molecular weight is 163 g/mol. The molecule has 0 bridgehead atoms. The molecule has 0 aromatic heterocycles. The zero-order valence-corrected chi connectivity index (χ0v) is 6.25. The summed E-state index contributed by atoms with van der Waals surface area (Å²) in [5.41, 5.74) is 0.423. The van der Waals surface area contributed by atoms with E-state index in [0.29, 0.717) is 0 Å². The van der Waals surface area contributed by atoms with E-state index in [2.05, 4.69) is 0 Å². The highest BCUT2D eigenvalue weighted by Gasteiger charge is 2.08. The van der Waals surface area contributed by atoms with Gasteiger partial charge in [-0.1, -0.05) is 18.2 Å². The van der Waals surface area contributed by atoms with Crippen molar-refractivity contribution in [2.75, 3.05) is 0 Å². The van der Waals surface area contributed by atoms with Crippen molar-refractivity contribution in [2.24, 2.45) is 0 Å². The molecular weight excluding hydrogens is 157 g/mol. The van der Waals surface area contributed by atoms with Crippen molar-refractivity contribution in [3.05, 3.63) is 35.4 Å². The van der Waals surface area contributed by atoms with Crippen molar-refractivity contribution in [1.29, 1.82) is 5.26 Å². The van der Waals surface area contributed by atoms with E-state index in [-0.39, 0.29) is 11.1 Å². The summed E-state index contributed by atoms with van der Waals surface area (Å²) >= 11 is 0. The normalized spacial score (nSPS) is 9.00. The number of alkyl halides is 1. The third-order valence-electron chi connectivity index (χ3n) is 1.51. The number of nitriles is 1. The Labute approximate surface area is 69.2 Å². The third kappa shape index (κ3) is 1.48. The van der Waals surface area contributed by atoms with Crippen molar-refractivity contribution in [2.45, 2.75) is 6.67 Å². The van der Waals surface area contributed by atoms with E-state index in [9.17, 15) is 9.18 Å². The molecule has 2 nitrogen and oxygen atoms in total. The second-order valence-electron chi connectivity index (χ2n) is 2.23. The van der Waals surface area contributed by atoms with Crippen LogP contribution in [-0.4, -0.2) is 5.78 Å². The zero-order valence-electron chi connectivity index (χ0n) is 6.25. The van der Waals surface area contributed by atoms with Crippen LogP contribution in [0.5, 0.6) is 0 Å². The predicted molar refractivity (Wildman–Crippen MR) is 41.2 cm³/mol. The van der Waals surface area contributed by atoms with Crippen LogP contribution in [0, 0.1) is 11.3 Å². The summed E-state index contributed by atoms with van der Waals surface area (Å²) in [4.78, 5) is 10.9. The lowest BCUT2D eigenvalue weighted by molar-refractivity contribution is 0.105. The molecule has 12 heavy (non-hydrogen) atoms. The number of carbonyl (C=O) groups is 1. The lowest BCUT2D eigenvalue weighted by atomic mass is 10.1. The summed E-state index contributed by atoms with van der Waals surface area (Å²) in [6, 6.07) is 7.61. The minimum absolute atomic E-state index is 0.155. The number of nitrogens with zero attached hydrogens (tertiary/aromatic N) is 1. The van der Waals surface area contributed by atoms with Crippen LogP contribution < -0.4 is 0 Å². The Morgan fingerprint density at radius 2 is 2.17 bits per heavy atom. The van der Waals surface area contributed by atoms with E-state index in [1.165, 1.54) is 18.2 Å². The molecule has 1 aromatic rings. The van der Waals surface area contributed by atoms with Crippen LogP contribution in [0.15, 0.2) is 24.3 Å². The smallest absolute Gasteiger partial charge is 0.262 e. The summed E-state index contributed by atoms with van der Waals surface area (Å²) in [6.07, 6.45) is 0. The maximum Gasteiger partial charge on any atom is 0.262 e. The van der Waals surface area contributed by atoms with Crippen molar-refractivity contribution < 1.29 is 9.18 Å². The second-order valence-corrected chi connectivity index (χ2v) is 2.23. The summed E-state index contributed by atoms with van der Waals surface area (Å²) in [5, 5.41) is 8.29. The Bertz CT molecular complexity index is 341. The van der Waals surface area contributed by atoms with Gasteiger partial charge in [-0.15, -0.1) is 0 Å². The van der Waals surface area contributed by atoms with Crippen molar-refractivity contribution >= 4 is 5.78 Å². The number of carbonyl (C=O) groups excluding carboxylic acids is 1. The van der Waals surface area contributed by atoms with Gasteiger partial charge in [-0.25, -0.2) is 4.39 Å². The second kappa shape index (κ2) is 3.63. The minimum atomic E-state index is -0.719. The third-order valence-corrected chi connectivity index (χ3v) is 1.51. The van der Waals surface area contributed by atoms with Crippen molar-refractivity contribution in [1.82, 2.24) is 0 Å². The number of halogens is 1. The molecular formula is C9H6FNO. The van der Waals surface area contributed by atoms with Crippen LogP contribution in [0.4, 0.5) is 4.39 Å². The van der Waals surface area contributed by atoms with Crippen molar-refractivity contribution in [3.8, 4) is 6.07 Å². The Balaban J connectivity index is 3.15. The highest BCUT2D eigenvalue weighted by Crippen LogP contribution is 2.10. The largest absolute Gasteiger partial charge is 0.277 e. The SMILES string of the molecule is N#CC(=O)c1ccccc1CF. The molecule has 0 fully saturated rings. The summed E-state index contributed by atoms with van der Waals surface area (Å²) in [7, 11) is 0. The average Bonchev–Trinajstić information content (AvgIpc) is 2.16. The van der Waals surface area contributed by atoms with Gasteiger partial charge in [0.15, 0.2) is 0 Å². The summed E-state index contributed by atoms with van der Waals surface area (Å²) in [5.74, 6) is -0.691. The van der Waals surface area contributed by atoms with Crippen molar-refractivity contribution in [3.63, 3.8) is 0 Å². The standard InChI is InChI=1S/C9H6FNO/c10-5-7-3-1-2-4-8(7)9(12)6-11/h1-4H,5H2. The van der Waals surface area contributed by atoms with Gasteiger partial charge in [0.2, 0.25) is 0 Å². The molecule has 0 unspecified atom stereocenters. The fourth-order valence-electron chi connectivity index (χ4n) is 0.919. The number of rotatable bonds is 2. The molecule has 0 saturated carbocycles. The fourth-order valence-corrected chi connectivity index (χ4v) is 0.919. The molecule has 60 valence electrons. The molecule has 3 heteroatoms. The first kappa shape index (κ1) is 8.41. The molecule has 0 spiro atoms. The fraction of sp³-hybridized carbons (Fsp3) is 0.111. The summed E-state index contributed by atoms with van der Waals surface area (Å²) < 4.78 is 12.2. The molecule has 0 aliphatic rings. The molecule has 0 atom stereocenters. The number of Topliss-reactive ketones (excluding diaryl/α,β-unsaturated/α-hetero) is 1. The van der Waals surface area contributed by atoms with E-state index in [1.807, 2.05) is 0 Å². The number of benzene rings is 1. The Morgan fingerprint density at radius 3 is 2.75 bits per heavy atom. The van der Waals surface area contributed by atoms with Gasteiger partial charge in [0.25, 0.3) is 5.78 Å². The van der Waals surface area contributed by atoms with Gasteiger partial charge < -0.3 is 0 Å². The monoisotopic (exact) mass is 163 g/mol. The Hall–Kier alpha value is -1.69. The van der Waals surface area contributed by atoms with Gasteiger partial charge in [-0.05, 0) is 11.6 Å². The molecule has 0 aliphatic carbocycles. The minimum Gasteiger partial charge on any atom is -0.277 e. The van der Waals surface area contributed by atoms with Crippen LogP contribution >= 0.6 is 0 Å². The maximum atomic E-state index is 12.2. The molecule has 1 rings (SSSR count). The molecule has 0 amide bonds. The highest BCUT2D eigenvalue weighted by atomic mass is 19.1.